The van der Waals surface area contributed by atoms with Gasteiger partial charge in [-0.25, -0.2) is 4.39 Å². The van der Waals surface area contributed by atoms with Crippen molar-refractivity contribution >= 4 is 24.2 Å². The van der Waals surface area contributed by atoms with E-state index in [1.807, 2.05) is 0 Å². The molecule has 0 aliphatic heterocycles. The van der Waals surface area contributed by atoms with Crippen molar-refractivity contribution in [3.63, 3.8) is 0 Å². The van der Waals surface area contributed by atoms with Crippen LogP contribution in [-0.2, 0) is 22.3 Å². The Kier molecular flexibility index (Phi) is 7.82. The number of nitrogens with two attached hydrogens (primary N) is 1. The van der Waals surface area contributed by atoms with Crippen LogP contribution in [0.2, 0.25) is 0 Å². The van der Waals surface area contributed by atoms with Gasteiger partial charge in [0.1, 0.15) is 5.82 Å². The van der Waals surface area contributed by atoms with E-state index in [-0.39, 0.29) is 24.5 Å². The van der Waals surface area contributed by atoms with Crippen LogP contribution in [0.3, 0.4) is 0 Å². The van der Waals surface area contributed by atoms with Gasteiger partial charge in [-0.05, 0) is 17.7 Å². The summed E-state index contributed by atoms with van der Waals surface area (Å²) >= 11 is 0. The van der Waals surface area contributed by atoms with E-state index < -0.39 is 42.5 Å². The molecule has 124 valence electrons. The van der Waals surface area contributed by atoms with Crippen LogP contribution < -0.4 is 16.4 Å². The third-order valence-corrected chi connectivity index (χ3v) is 2.48. The summed E-state index contributed by atoms with van der Waals surface area (Å²) in [7, 11) is 0. The normalized spacial score (nSPS) is 10.6. The highest BCUT2D eigenvalue weighted by atomic mass is 35.5. The molecule has 0 saturated carbocycles. The fourth-order valence-corrected chi connectivity index (χ4v) is 1.47. The van der Waals surface area contributed by atoms with Crippen molar-refractivity contribution in [1.29, 1.82) is 0 Å². The second-order valence-electron chi connectivity index (χ2n) is 4.06. The van der Waals surface area contributed by atoms with Crippen LogP contribution in [0.5, 0.6) is 0 Å². The van der Waals surface area contributed by atoms with Crippen molar-refractivity contribution in [2.24, 2.45) is 5.73 Å². The predicted molar refractivity (Wildman–Crippen MR) is 72.6 cm³/mol. The fraction of sp³-hybridized carbons (Fsp3) is 0.333. The van der Waals surface area contributed by atoms with Gasteiger partial charge in [-0.1, -0.05) is 6.07 Å². The molecule has 0 aromatic heterocycles. The van der Waals surface area contributed by atoms with Crippen LogP contribution in [0.4, 0.5) is 17.6 Å². The molecule has 1 aromatic rings. The number of carbonyl (C=O) groups is 2. The van der Waals surface area contributed by atoms with Gasteiger partial charge < -0.3 is 16.4 Å². The minimum absolute atomic E-state index is 0. The Balaban J connectivity index is 0.00000441. The maximum atomic E-state index is 12.9. The van der Waals surface area contributed by atoms with Gasteiger partial charge in [-0.15, -0.1) is 12.4 Å². The van der Waals surface area contributed by atoms with Gasteiger partial charge in [-0.3, -0.25) is 9.59 Å². The van der Waals surface area contributed by atoms with Gasteiger partial charge in [0, 0.05) is 6.54 Å². The molecule has 4 N–H and O–H groups in total. The van der Waals surface area contributed by atoms with Gasteiger partial charge >= 0.3 is 6.18 Å². The first-order valence-corrected chi connectivity index (χ1v) is 5.83. The molecule has 22 heavy (non-hydrogen) atoms. The van der Waals surface area contributed by atoms with Gasteiger partial charge in [0.05, 0.1) is 18.7 Å². The zero-order valence-corrected chi connectivity index (χ0v) is 12.0. The number of nitrogens with one attached hydrogen (secondary N) is 2. The van der Waals surface area contributed by atoms with E-state index in [1.54, 1.807) is 0 Å². The van der Waals surface area contributed by atoms with Crippen molar-refractivity contribution in [2.75, 3.05) is 13.1 Å². The summed E-state index contributed by atoms with van der Waals surface area (Å²) in [6.07, 6.45) is -4.73. The lowest BCUT2D eigenvalue weighted by Gasteiger charge is -2.13. The standard InChI is InChI=1S/C12H13F4N3O2.ClH/c13-8-2-1-7(9(3-8)12(14,15)16)5-18-11(21)6-19-10(20)4-17;/h1-3H,4-6,17H2,(H,18,21)(H,19,20);1H. The Morgan fingerprint density at radius 1 is 1.14 bits per heavy atom. The molecule has 0 aliphatic carbocycles. The Labute approximate surface area is 129 Å². The lowest BCUT2D eigenvalue weighted by atomic mass is 10.1. The van der Waals surface area contributed by atoms with Crippen LogP contribution in [0.25, 0.3) is 0 Å². The number of amides is 2. The largest absolute Gasteiger partial charge is 0.416 e. The maximum absolute atomic E-state index is 12.9. The third kappa shape index (κ3) is 6.27. The number of hydrogen-bond acceptors (Lipinski definition) is 3. The molecule has 2 amide bonds. The highest BCUT2D eigenvalue weighted by molar-refractivity contribution is 5.85. The summed E-state index contributed by atoms with van der Waals surface area (Å²) in [4.78, 5) is 22.1. The summed E-state index contributed by atoms with van der Waals surface area (Å²) in [5.74, 6) is -2.27. The monoisotopic (exact) mass is 343 g/mol. The molecule has 10 heteroatoms. The van der Waals surface area contributed by atoms with Gasteiger partial charge in [-0.2, -0.15) is 13.2 Å². The van der Waals surface area contributed by atoms with E-state index in [0.717, 1.165) is 12.1 Å². The lowest BCUT2D eigenvalue weighted by molar-refractivity contribution is -0.138. The van der Waals surface area contributed by atoms with Crippen LogP contribution in [0, 0.1) is 5.82 Å². The third-order valence-electron chi connectivity index (χ3n) is 2.48. The summed E-state index contributed by atoms with van der Waals surface area (Å²) in [6, 6.07) is 2.17. The molecule has 0 unspecified atom stereocenters. The van der Waals surface area contributed by atoms with Crippen molar-refractivity contribution in [1.82, 2.24) is 10.6 Å². The highest BCUT2D eigenvalue weighted by Gasteiger charge is 2.33. The number of rotatable bonds is 5. The first kappa shape index (κ1) is 20.1. The highest BCUT2D eigenvalue weighted by Crippen LogP contribution is 2.32. The molecular formula is C12H14ClF4N3O2. The molecule has 0 fully saturated rings. The van der Waals surface area contributed by atoms with E-state index >= 15 is 0 Å². The molecular weight excluding hydrogens is 330 g/mol. The van der Waals surface area contributed by atoms with Crippen LogP contribution in [-0.4, -0.2) is 24.9 Å². The molecule has 1 rings (SSSR count). The summed E-state index contributed by atoms with van der Waals surface area (Å²) in [5.41, 5.74) is 3.57. The van der Waals surface area contributed by atoms with E-state index in [2.05, 4.69) is 10.6 Å². The van der Waals surface area contributed by atoms with Crippen molar-refractivity contribution in [2.45, 2.75) is 12.7 Å². The minimum atomic E-state index is -4.73. The SMILES string of the molecule is Cl.NCC(=O)NCC(=O)NCc1ccc(F)cc1C(F)(F)F. The van der Waals surface area contributed by atoms with Gasteiger partial charge in [0.25, 0.3) is 0 Å². The van der Waals surface area contributed by atoms with E-state index in [9.17, 15) is 27.2 Å². The first-order valence-electron chi connectivity index (χ1n) is 5.83. The zero-order valence-electron chi connectivity index (χ0n) is 11.2. The first-order chi connectivity index (χ1) is 9.74. The Hall–Kier alpha value is -1.87. The molecule has 5 nitrogen and oxygen atoms in total. The Morgan fingerprint density at radius 3 is 2.32 bits per heavy atom. The predicted octanol–water partition coefficient (Wildman–Crippen LogP) is 0.957. The Morgan fingerprint density at radius 2 is 1.77 bits per heavy atom. The maximum Gasteiger partial charge on any atom is 0.416 e. The van der Waals surface area contributed by atoms with Crippen LogP contribution in [0.15, 0.2) is 18.2 Å². The summed E-state index contributed by atoms with van der Waals surface area (Å²) < 4.78 is 51.0. The van der Waals surface area contributed by atoms with Crippen LogP contribution >= 0.6 is 12.4 Å². The number of alkyl halides is 3. The number of hydrogen-bond donors (Lipinski definition) is 3. The lowest BCUT2D eigenvalue weighted by Crippen LogP contribution is -2.39. The molecule has 0 heterocycles. The van der Waals surface area contributed by atoms with E-state index in [1.165, 1.54) is 0 Å². The molecule has 0 spiro atoms. The van der Waals surface area contributed by atoms with Crippen molar-refractivity contribution < 1.29 is 27.2 Å². The minimum Gasteiger partial charge on any atom is -0.350 e. The number of halogens is 5. The smallest absolute Gasteiger partial charge is 0.350 e. The van der Waals surface area contributed by atoms with Gasteiger partial charge in [0.2, 0.25) is 11.8 Å². The quantitative estimate of drug-likeness (QED) is 0.696. The fourth-order valence-electron chi connectivity index (χ4n) is 1.47. The average Bonchev–Trinajstić information content (AvgIpc) is 2.42. The molecule has 0 saturated heterocycles. The van der Waals surface area contributed by atoms with Gasteiger partial charge in [0.15, 0.2) is 0 Å². The molecule has 0 atom stereocenters. The van der Waals surface area contributed by atoms with E-state index in [0.29, 0.717) is 6.07 Å². The average molecular weight is 344 g/mol. The Bertz CT molecular complexity index is 538. The second kappa shape index (κ2) is 8.54. The molecule has 0 radical (unpaired) electrons. The molecule has 0 bridgehead atoms. The van der Waals surface area contributed by atoms with E-state index in [4.69, 9.17) is 5.73 Å². The zero-order chi connectivity index (χ0) is 16.0. The number of carbonyl (C=O) groups excluding carboxylic acids is 2. The topological polar surface area (TPSA) is 84.2 Å². The molecule has 1 aromatic carbocycles. The summed E-state index contributed by atoms with van der Waals surface area (Å²) in [6.45, 7) is -1.14. The summed E-state index contributed by atoms with van der Waals surface area (Å²) in [5, 5.41) is 4.36. The van der Waals surface area contributed by atoms with Crippen molar-refractivity contribution in [3.8, 4) is 0 Å². The van der Waals surface area contributed by atoms with Crippen molar-refractivity contribution in [3.05, 3.63) is 35.1 Å². The van der Waals surface area contributed by atoms with Crippen LogP contribution in [0.1, 0.15) is 11.1 Å². The second-order valence-corrected chi connectivity index (χ2v) is 4.06. The molecule has 0 aliphatic rings. The number of benzene rings is 1.